The maximum absolute atomic E-state index is 11.9. The maximum atomic E-state index is 11.9. The molecule has 6 rings (SSSR count). The van der Waals surface area contributed by atoms with E-state index in [4.69, 9.17) is 27.8 Å². The van der Waals surface area contributed by atoms with Gasteiger partial charge in [-0.3, -0.25) is 0 Å². The third kappa shape index (κ3) is 8.22. The Morgan fingerprint density at radius 2 is 1.35 bits per heavy atom. The van der Waals surface area contributed by atoms with Crippen molar-refractivity contribution in [1.29, 1.82) is 0 Å². The van der Waals surface area contributed by atoms with Crippen LogP contribution in [-0.2, 0) is 27.8 Å². The topological polar surface area (TPSA) is 75.6 Å². The molecule has 0 radical (unpaired) electrons. The largest absolute Gasteiger partial charge is 0.411 e. The average Bonchev–Trinajstić information content (AvgIpc) is 3.97. The molecule has 282 valence electrons. The van der Waals surface area contributed by atoms with Crippen molar-refractivity contribution in [1.82, 2.24) is 0 Å². The normalized spacial score (nSPS) is 26.1. The van der Waals surface area contributed by atoms with E-state index in [1.807, 2.05) is 6.08 Å². The molecule has 0 amide bonds. The van der Waals surface area contributed by atoms with Gasteiger partial charge in [-0.25, -0.2) is 0 Å². The molecule has 9 heteroatoms. The summed E-state index contributed by atoms with van der Waals surface area (Å²) >= 11 is 0. The van der Waals surface area contributed by atoms with Crippen LogP contribution < -0.4 is 10.4 Å². The van der Waals surface area contributed by atoms with Crippen LogP contribution in [0.2, 0.25) is 23.2 Å². The monoisotopic (exact) mass is 736 g/mol. The van der Waals surface area contributed by atoms with Gasteiger partial charge in [0.05, 0.1) is 19.3 Å². The second kappa shape index (κ2) is 16.4. The Bertz CT molecular complexity index is 1350. The van der Waals surface area contributed by atoms with Gasteiger partial charge in [0.15, 0.2) is 19.9 Å². The summed E-state index contributed by atoms with van der Waals surface area (Å²) in [4.78, 5) is 0. The lowest BCUT2D eigenvalue weighted by Gasteiger charge is -2.43. The van der Waals surface area contributed by atoms with Gasteiger partial charge in [0.2, 0.25) is 0 Å². The second-order valence-electron chi connectivity index (χ2n) is 16.5. The van der Waals surface area contributed by atoms with E-state index in [0.29, 0.717) is 19.6 Å². The van der Waals surface area contributed by atoms with Gasteiger partial charge in [0.1, 0.15) is 24.4 Å². The number of aliphatic hydroxyl groups excluding tert-OH is 1. The molecule has 2 saturated heterocycles. The molecule has 2 aromatic carbocycles. The highest BCUT2D eigenvalue weighted by atomic mass is 28.4. The zero-order valence-electron chi connectivity index (χ0n) is 32.1. The van der Waals surface area contributed by atoms with Gasteiger partial charge >= 0.3 is 0 Å². The van der Waals surface area contributed by atoms with Crippen molar-refractivity contribution in [3.63, 3.8) is 0 Å². The van der Waals surface area contributed by atoms with E-state index in [0.717, 1.165) is 69.5 Å². The van der Waals surface area contributed by atoms with Crippen LogP contribution in [0.1, 0.15) is 99.3 Å². The van der Waals surface area contributed by atoms with Crippen molar-refractivity contribution in [2.24, 2.45) is 0 Å². The quantitative estimate of drug-likeness (QED) is 0.147. The Kier molecular flexibility index (Phi) is 12.5. The van der Waals surface area contributed by atoms with Gasteiger partial charge in [-0.1, -0.05) is 114 Å². The van der Waals surface area contributed by atoms with Crippen molar-refractivity contribution in [2.45, 2.75) is 165 Å². The SMILES string of the molecule is CC[Si](CC)(CC)O[C@@H](C/C=C\[C@@H](O)[C@H]1OC2(CCCC2)O[C@@H]1CO[Si](c1ccccc1)(c1ccccc1)C(C)(C)C)[C@H]1COC2(CCCC2)O1. The number of hydrogen-bond acceptors (Lipinski definition) is 7. The molecule has 2 saturated carbocycles. The Morgan fingerprint density at radius 3 is 1.88 bits per heavy atom. The van der Waals surface area contributed by atoms with Gasteiger partial charge in [-0.05, 0) is 65.6 Å². The molecule has 5 atom stereocenters. The first kappa shape index (κ1) is 39.0. The molecular formula is C42H64O7Si2. The molecular weight excluding hydrogens is 673 g/mol. The molecule has 1 N–H and O–H groups in total. The van der Waals surface area contributed by atoms with E-state index in [1.54, 1.807) is 0 Å². The van der Waals surface area contributed by atoms with Crippen LogP contribution in [0.15, 0.2) is 72.8 Å². The number of aliphatic hydroxyl groups is 1. The van der Waals surface area contributed by atoms with E-state index < -0.39 is 46.5 Å². The lowest BCUT2D eigenvalue weighted by Crippen LogP contribution is -2.67. The highest BCUT2D eigenvalue weighted by molar-refractivity contribution is 6.99. The van der Waals surface area contributed by atoms with Gasteiger partial charge in [0, 0.05) is 25.7 Å². The van der Waals surface area contributed by atoms with Crippen LogP contribution in [0.25, 0.3) is 0 Å². The van der Waals surface area contributed by atoms with Gasteiger partial charge in [-0.2, -0.15) is 0 Å². The summed E-state index contributed by atoms with van der Waals surface area (Å²) < 4.78 is 41.0. The first-order chi connectivity index (χ1) is 24.5. The minimum Gasteiger partial charge on any atom is -0.411 e. The zero-order chi connectivity index (χ0) is 36.2. The van der Waals surface area contributed by atoms with Gasteiger partial charge < -0.3 is 32.9 Å². The third-order valence-electron chi connectivity index (χ3n) is 12.4. The van der Waals surface area contributed by atoms with Crippen LogP contribution in [0.5, 0.6) is 0 Å². The van der Waals surface area contributed by atoms with E-state index >= 15 is 0 Å². The Morgan fingerprint density at radius 1 is 0.804 bits per heavy atom. The van der Waals surface area contributed by atoms with Gasteiger partial charge in [-0.15, -0.1) is 0 Å². The van der Waals surface area contributed by atoms with E-state index in [-0.39, 0.29) is 17.2 Å². The summed E-state index contributed by atoms with van der Waals surface area (Å²) in [6.07, 6.45) is 10.6. The fraction of sp³-hybridized carbons (Fsp3) is 0.667. The van der Waals surface area contributed by atoms with Crippen molar-refractivity contribution >= 4 is 27.0 Å². The summed E-state index contributed by atoms with van der Waals surface area (Å²) in [6.45, 7) is 14.6. The molecule has 0 aromatic heterocycles. The summed E-state index contributed by atoms with van der Waals surface area (Å²) in [5.41, 5.74) is 0. The van der Waals surface area contributed by atoms with E-state index in [9.17, 15) is 5.11 Å². The Hall–Kier alpha value is -1.67. The molecule has 2 heterocycles. The minimum atomic E-state index is -2.81. The summed E-state index contributed by atoms with van der Waals surface area (Å²) in [5.74, 6) is -1.10. The maximum Gasteiger partial charge on any atom is 0.261 e. The zero-order valence-corrected chi connectivity index (χ0v) is 34.1. The molecule has 7 nitrogen and oxygen atoms in total. The predicted octanol–water partition coefficient (Wildman–Crippen LogP) is 8.00. The number of rotatable bonds is 15. The molecule has 2 aliphatic heterocycles. The van der Waals surface area contributed by atoms with Crippen LogP contribution >= 0.6 is 0 Å². The van der Waals surface area contributed by atoms with Gasteiger partial charge in [0.25, 0.3) is 8.32 Å². The molecule has 0 unspecified atom stereocenters. The van der Waals surface area contributed by atoms with Crippen LogP contribution in [0.3, 0.4) is 0 Å². The lowest BCUT2D eigenvalue weighted by molar-refractivity contribution is -0.176. The first-order valence-corrected chi connectivity index (χ1v) is 24.4. The van der Waals surface area contributed by atoms with Crippen LogP contribution in [0, 0.1) is 0 Å². The smallest absolute Gasteiger partial charge is 0.261 e. The summed E-state index contributed by atoms with van der Waals surface area (Å²) in [7, 11) is -4.73. The third-order valence-corrected chi connectivity index (χ3v) is 22.0. The minimum absolute atomic E-state index is 0.109. The number of benzene rings is 2. The lowest BCUT2D eigenvalue weighted by atomic mass is 10.1. The van der Waals surface area contributed by atoms with Crippen LogP contribution in [-0.4, -0.2) is 77.0 Å². The van der Waals surface area contributed by atoms with Crippen molar-refractivity contribution < 1.29 is 32.9 Å². The van der Waals surface area contributed by atoms with E-state index in [1.165, 1.54) is 10.4 Å². The summed E-state index contributed by atoms with van der Waals surface area (Å²) in [5, 5.41) is 14.2. The molecule has 2 aliphatic carbocycles. The average molecular weight is 737 g/mol. The Balaban J connectivity index is 1.23. The second-order valence-corrected chi connectivity index (χ2v) is 25.5. The molecule has 2 aromatic rings. The van der Waals surface area contributed by atoms with E-state index in [2.05, 4.69) is 108 Å². The van der Waals surface area contributed by atoms with Crippen molar-refractivity contribution in [3.8, 4) is 0 Å². The first-order valence-electron chi connectivity index (χ1n) is 20.0. The molecule has 4 fully saturated rings. The number of hydrogen-bond donors (Lipinski definition) is 1. The molecule has 0 bridgehead atoms. The Labute approximate surface area is 309 Å². The predicted molar refractivity (Wildman–Crippen MR) is 208 cm³/mol. The van der Waals surface area contributed by atoms with Crippen molar-refractivity contribution in [2.75, 3.05) is 13.2 Å². The van der Waals surface area contributed by atoms with Crippen molar-refractivity contribution in [3.05, 3.63) is 72.8 Å². The molecule has 2 spiro atoms. The molecule has 51 heavy (non-hydrogen) atoms. The fourth-order valence-corrected chi connectivity index (χ4v) is 16.7. The highest BCUT2D eigenvalue weighted by Crippen LogP contribution is 2.45. The summed E-state index contributed by atoms with van der Waals surface area (Å²) in [6, 6.07) is 24.6. The van der Waals surface area contributed by atoms with Crippen LogP contribution in [0.4, 0.5) is 0 Å². The standard InChI is InChI=1S/C42H64O7Si2/c1-7-50(8-2,9-3)49-36(37-31-44-41(46-37)27-16-17-28-41)26-20-25-35(43)39-38(47-42(48-39)29-18-19-30-42)32-45-51(40(4,5)6,33-21-12-10-13-22-33)34-23-14-11-15-24-34/h10-15,20-25,35-39,43H,7-9,16-19,26-32H2,1-6H3/b25-20-/t35-,36+,37-,38-,39-/m1/s1. The number of ether oxygens (including phenoxy) is 4. The molecule has 4 aliphatic rings. The highest BCUT2D eigenvalue weighted by Gasteiger charge is 2.55. The fourth-order valence-electron chi connectivity index (χ4n) is 9.23.